The van der Waals surface area contributed by atoms with Crippen molar-refractivity contribution >= 4 is 33.4 Å². The lowest BCUT2D eigenvalue weighted by atomic mass is 10.1. The Labute approximate surface area is 123 Å². The summed E-state index contributed by atoms with van der Waals surface area (Å²) in [6, 6.07) is 12.5. The Kier molecular flexibility index (Phi) is 4.55. The molecule has 108 valence electrons. The molecular weight excluding hydrogens is 268 g/mol. The maximum Gasteiger partial charge on any atom is 0.319 e. The number of benzene rings is 2. The van der Waals surface area contributed by atoms with Crippen LogP contribution in [0.1, 0.15) is 13.8 Å². The van der Waals surface area contributed by atoms with Gasteiger partial charge in [0, 0.05) is 11.7 Å². The lowest BCUT2D eigenvalue weighted by Gasteiger charge is -2.12. The zero-order chi connectivity index (χ0) is 14.7. The van der Waals surface area contributed by atoms with E-state index in [0.29, 0.717) is 0 Å². The van der Waals surface area contributed by atoms with Crippen molar-refractivity contribution in [1.82, 2.24) is 5.32 Å². The number of nitrogens with one attached hydrogen (secondary N) is 2. The molecular formula is C16H22N2OS. The molecule has 2 rings (SSSR count). The first-order chi connectivity index (χ1) is 9.45. The van der Waals surface area contributed by atoms with Gasteiger partial charge in [0.05, 0.1) is 0 Å². The molecule has 4 heteroatoms. The summed E-state index contributed by atoms with van der Waals surface area (Å²) in [5, 5.41) is 8.04. The molecule has 2 N–H and O–H groups in total. The zero-order valence-corrected chi connectivity index (χ0v) is 13.3. The Bertz CT molecular complexity index is 623. The third-order valence-electron chi connectivity index (χ3n) is 3.02. The van der Waals surface area contributed by atoms with Crippen molar-refractivity contribution in [2.24, 2.45) is 0 Å². The van der Waals surface area contributed by atoms with Gasteiger partial charge in [-0.2, -0.15) is 0 Å². The quantitative estimate of drug-likeness (QED) is 0.735. The maximum absolute atomic E-state index is 11.7. The molecule has 0 unspecified atom stereocenters. The molecule has 0 aliphatic carbocycles. The Morgan fingerprint density at radius 2 is 1.70 bits per heavy atom. The van der Waals surface area contributed by atoms with Crippen molar-refractivity contribution in [3.05, 3.63) is 36.4 Å². The minimum Gasteiger partial charge on any atom is -0.336 e. The number of thiol groups is 1. The van der Waals surface area contributed by atoms with Crippen LogP contribution < -0.4 is 10.6 Å². The van der Waals surface area contributed by atoms with Gasteiger partial charge in [0.1, 0.15) is 0 Å². The van der Waals surface area contributed by atoms with Crippen molar-refractivity contribution < 1.29 is 4.79 Å². The highest BCUT2D eigenvalue weighted by atomic mass is 32.2. The fourth-order valence-electron chi connectivity index (χ4n) is 2.02. The summed E-state index contributed by atoms with van der Waals surface area (Å²) >= 11 is 0. The predicted octanol–water partition coefficient (Wildman–Crippen LogP) is 3.99. The number of hydrogen-bond acceptors (Lipinski definition) is 1. The number of carbonyl (C=O) groups excluding carboxylic acids is 1. The highest BCUT2D eigenvalue weighted by Gasteiger charge is 2.04. The number of rotatable bonds is 3. The Balaban J connectivity index is 2.21. The van der Waals surface area contributed by atoms with Crippen molar-refractivity contribution in [2.75, 3.05) is 17.8 Å². The highest BCUT2D eigenvalue weighted by molar-refractivity contribution is 8.15. The number of hydrogen-bond donors (Lipinski definition) is 3. The van der Waals surface area contributed by atoms with E-state index >= 15 is 0 Å². The van der Waals surface area contributed by atoms with Crippen LogP contribution in [-0.2, 0) is 0 Å². The topological polar surface area (TPSA) is 41.1 Å². The fourth-order valence-corrected chi connectivity index (χ4v) is 2.79. The second kappa shape index (κ2) is 6.18. The Hall–Kier alpha value is -1.68. The Morgan fingerprint density at radius 1 is 1.05 bits per heavy atom. The van der Waals surface area contributed by atoms with E-state index in [1.807, 2.05) is 26.0 Å². The monoisotopic (exact) mass is 290 g/mol. The lowest BCUT2D eigenvalue weighted by Crippen LogP contribution is -2.34. The molecule has 2 aromatic rings. The second-order valence-corrected chi connectivity index (χ2v) is 7.70. The van der Waals surface area contributed by atoms with Crippen LogP contribution in [0, 0.1) is 0 Å². The van der Waals surface area contributed by atoms with Crippen LogP contribution in [0.3, 0.4) is 0 Å². The number of urea groups is 1. The molecule has 2 amide bonds. The lowest BCUT2D eigenvalue weighted by molar-refractivity contribution is 0.250. The summed E-state index contributed by atoms with van der Waals surface area (Å²) < 4.78 is 0. The summed E-state index contributed by atoms with van der Waals surface area (Å²) in [5.74, 6) is 0. The molecule has 0 heterocycles. The molecule has 0 aliphatic heterocycles. The molecule has 3 nitrogen and oxygen atoms in total. The summed E-state index contributed by atoms with van der Waals surface area (Å²) in [4.78, 5) is 13.1. The maximum atomic E-state index is 11.7. The third kappa shape index (κ3) is 3.67. The van der Waals surface area contributed by atoms with Crippen molar-refractivity contribution in [1.29, 1.82) is 0 Å². The molecule has 0 spiro atoms. The molecule has 0 aliphatic rings. The first-order valence-corrected chi connectivity index (χ1v) is 8.98. The number of amides is 2. The summed E-state index contributed by atoms with van der Waals surface area (Å²) in [6.07, 6.45) is 4.51. The van der Waals surface area contributed by atoms with Crippen LogP contribution in [0.5, 0.6) is 0 Å². The zero-order valence-electron chi connectivity index (χ0n) is 12.4. The second-order valence-electron chi connectivity index (χ2n) is 5.39. The number of anilines is 1. The van der Waals surface area contributed by atoms with Crippen LogP contribution in [0.25, 0.3) is 10.8 Å². The van der Waals surface area contributed by atoms with E-state index in [1.165, 1.54) is 10.3 Å². The van der Waals surface area contributed by atoms with E-state index in [0.717, 1.165) is 11.1 Å². The molecule has 0 saturated heterocycles. The van der Waals surface area contributed by atoms with E-state index in [4.69, 9.17) is 0 Å². The average Bonchev–Trinajstić information content (AvgIpc) is 2.36. The van der Waals surface area contributed by atoms with E-state index < -0.39 is 0 Å². The van der Waals surface area contributed by atoms with Gasteiger partial charge in [0.2, 0.25) is 0 Å². The van der Waals surface area contributed by atoms with Gasteiger partial charge in [-0.15, -0.1) is 0 Å². The average molecular weight is 290 g/mol. The standard InChI is InChI=1S/C16H22N2OS/c1-11(2)17-16(19)18-14-7-5-13-10-15(20(3)4)8-6-12(13)9-14/h5-11,20H,1-4H3,(H2,17,18,19). The van der Waals surface area contributed by atoms with Gasteiger partial charge in [-0.3, -0.25) is 0 Å². The number of fused-ring (bicyclic) bond motifs is 1. The molecule has 2 aromatic carbocycles. The molecule has 0 radical (unpaired) electrons. The van der Waals surface area contributed by atoms with E-state index in [2.05, 4.69) is 47.4 Å². The van der Waals surface area contributed by atoms with Gasteiger partial charge in [0.15, 0.2) is 0 Å². The first kappa shape index (κ1) is 14.7. The molecule has 0 aromatic heterocycles. The van der Waals surface area contributed by atoms with E-state index in [9.17, 15) is 4.79 Å². The summed E-state index contributed by atoms with van der Waals surface area (Å²) in [5.41, 5.74) is 0.818. The van der Waals surface area contributed by atoms with Crippen molar-refractivity contribution in [3.8, 4) is 0 Å². The van der Waals surface area contributed by atoms with Crippen molar-refractivity contribution in [3.63, 3.8) is 0 Å². The Morgan fingerprint density at radius 3 is 2.35 bits per heavy atom. The van der Waals surface area contributed by atoms with E-state index in [-0.39, 0.29) is 23.0 Å². The molecule has 0 bridgehead atoms. The minimum atomic E-state index is -0.165. The van der Waals surface area contributed by atoms with Crippen LogP contribution in [0.15, 0.2) is 41.3 Å². The van der Waals surface area contributed by atoms with Gasteiger partial charge in [0.25, 0.3) is 0 Å². The van der Waals surface area contributed by atoms with Gasteiger partial charge in [-0.25, -0.2) is 15.7 Å². The predicted molar refractivity (Wildman–Crippen MR) is 90.3 cm³/mol. The third-order valence-corrected chi connectivity index (χ3v) is 4.33. The SMILES string of the molecule is CC(C)NC(=O)Nc1ccc2cc([SH](C)C)ccc2c1. The molecule has 0 atom stereocenters. The van der Waals surface area contributed by atoms with Gasteiger partial charge in [-0.1, -0.05) is 12.1 Å². The fraction of sp³-hybridized carbons (Fsp3) is 0.312. The molecule has 0 saturated carbocycles. The smallest absolute Gasteiger partial charge is 0.319 e. The normalized spacial score (nSPS) is 11.6. The van der Waals surface area contributed by atoms with Gasteiger partial charge in [-0.05, 0) is 66.3 Å². The number of carbonyl (C=O) groups is 1. The molecule has 20 heavy (non-hydrogen) atoms. The highest BCUT2D eigenvalue weighted by Crippen LogP contribution is 2.31. The first-order valence-electron chi connectivity index (χ1n) is 6.74. The van der Waals surface area contributed by atoms with Crippen LogP contribution in [-0.4, -0.2) is 24.6 Å². The summed E-state index contributed by atoms with van der Waals surface area (Å²) in [6.45, 7) is 3.88. The van der Waals surface area contributed by atoms with Crippen LogP contribution in [0.4, 0.5) is 10.5 Å². The van der Waals surface area contributed by atoms with Gasteiger partial charge >= 0.3 is 6.03 Å². The minimum absolute atomic E-state index is 0.0801. The van der Waals surface area contributed by atoms with Crippen LogP contribution in [0.2, 0.25) is 0 Å². The van der Waals surface area contributed by atoms with Crippen LogP contribution >= 0.6 is 10.9 Å². The largest absolute Gasteiger partial charge is 0.336 e. The van der Waals surface area contributed by atoms with Gasteiger partial charge < -0.3 is 10.6 Å². The van der Waals surface area contributed by atoms with Crippen molar-refractivity contribution in [2.45, 2.75) is 24.8 Å². The summed E-state index contributed by atoms with van der Waals surface area (Å²) in [7, 11) is -0.0801. The van der Waals surface area contributed by atoms with E-state index in [1.54, 1.807) is 0 Å². The molecule has 0 fully saturated rings.